The van der Waals surface area contributed by atoms with Crippen molar-refractivity contribution < 1.29 is 9.72 Å². The summed E-state index contributed by atoms with van der Waals surface area (Å²) in [6.45, 7) is 0. The Labute approximate surface area is 106 Å². The highest BCUT2D eigenvalue weighted by molar-refractivity contribution is 5.75. The van der Waals surface area contributed by atoms with E-state index in [1.54, 1.807) is 0 Å². The molecule has 0 aliphatic heterocycles. The Balaban J connectivity index is 0.000000199. The molecule has 0 unspecified atom stereocenters. The Hall–Kier alpha value is -1.75. The van der Waals surface area contributed by atoms with Gasteiger partial charge in [-0.15, -0.1) is 0 Å². The van der Waals surface area contributed by atoms with Crippen LogP contribution >= 0.6 is 0 Å². The van der Waals surface area contributed by atoms with E-state index in [1.807, 2.05) is 0 Å². The lowest BCUT2D eigenvalue weighted by molar-refractivity contribution is -0.384. The SMILES string of the molecule is NC1CCCCC1.O=Cc1ccc([N+](=O)[O-])cc1. The highest BCUT2D eigenvalue weighted by atomic mass is 16.6. The second-order valence-corrected chi connectivity index (χ2v) is 4.36. The summed E-state index contributed by atoms with van der Waals surface area (Å²) in [5.74, 6) is 0. The molecule has 0 spiro atoms. The van der Waals surface area contributed by atoms with E-state index in [9.17, 15) is 14.9 Å². The van der Waals surface area contributed by atoms with Crippen LogP contribution in [0.25, 0.3) is 0 Å². The van der Waals surface area contributed by atoms with Crippen LogP contribution in [0.5, 0.6) is 0 Å². The summed E-state index contributed by atoms with van der Waals surface area (Å²) >= 11 is 0. The van der Waals surface area contributed by atoms with Crippen LogP contribution < -0.4 is 5.73 Å². The van der Waals surface area contributed by atoms with Gasteiger partial charge < -0.3 is 5.73 Å². The predicted octanol–water partition coefficient (Wildman–Crippen LogP) is 2.69. The first-order valence-electron chi connectivity index (χ1n) is 6.08. The Morgan fingerprint density at radius 2 is 1.72 bits per heavy atom. The molecule has 18 heavy (non-hydrogen) atoms. The molecule has 1 saturated carbocycles. The number of non-ortho nitro benzene ring substituents is 1. The minimum Gasteiger partial charge on any atom is -0.328 e. The van der Waals surface area contributed by atoms with Crippen molar-refractivity contribution in [3.8, 4) is 0 Å². The van der Waals surface area contributed by atoms with Crippen LogP contribution in [0.4, 0.5) is 5.69 Å². The third-order valence-corrected chi connectivity index (χ3v) is 2.89. The molecular weight excluding hydrogens is 232 g/mol. The maximum absolute atomic E-state index is 10.1. The fourth-order valence-electron chi connectivity index (χ4n) is 1.81. The molecule has 0 saturated heterocycles. The molecule has 0 heterocycles. The van der Waals surface area contributed by atoms with E-state index in [4.69, 9.17) is 5.73 Å². The summed E-state index contributed by atoms with van der Waals surface area (Å²) in [4.78, 5) is 19.7. The second-order valence-electron chi connectivity index (χ2n) is 4.36. The number of rotatable bonds is 2. The Morgan fingerprint density at radius 1 is 1.17 bits per heavy atom. The number of nitrogens with zero attached hydrogens (tertiary/aromatic N) is 1. The first-order valence-corrected chi connectivity index (χ1v) is 6.08. The van der Waals surface area contributed by atoms with E-state index in [2.05, 4.69) is 0 Å². The smallest absolute Gasteiger partial charge is 0.269 e. The summed E-state index contributed by atoms with van der Waals surface area (Å²) in [5.41, 5.74) is 6.07. The molecule has 1 fully saturated rings. The van der Waals surface area contributed by atoms with Crippen LogP contribution in [0.3, 0.4) is 0 Å². The molecule has 0 aromatic heterocycles. The molecule has 1 aliphatic rings. The van der Waals surface area contributed by atoms with Gasteiger partial charge in [-0.05, 0) is 25.0 Å². The van der Waals surface area contributed by atoms with Crippen LogP contribution in [0.2, 0.25) is 0 Å². The van der Waals surface area contributed by atoms with Gasteiger partial charge in [0.25, 0.3) is 5.69 Å². The van der Waals surface area contributed by atoms with Crippen molar-refractivity contribution in [1.82, 2.24) is 0 Å². The summed E-state index contributed by atoms with van der Waals surface area (Å²) in [6.07, 6.45) is 7.31. The molecule has 1 aliphatic carbocycles. The molecule has 5 heteroatoms. The van der Waals surface area contributed by atoms with Gasteiger partial charge >= 0.3 is 0 Å². The van der Waals surface area contributed by atoms with Crippen molar-refractivity contribution in [2.75, 3.05) is 0 Å². The quantitative estimate of drug-likeness (QED) is 0.496. The lowest BCUT2D eigenvalue weighted by atomic mass is 9.97. The fraction of sp³-hybridized carbons (Fsp3) is 0.462. The van der Waals surface area contributed by atoms with Crippen LogP contribution in [0.15, 0.2) is 24.3 Å². The van der Waals surface area contributed by atoms with E-state index in [1.165, 1.54) is 56.4 Å². The maximum atomic E-state index is 10.1. The summed E-state index contributed by atoms with van der Waals surface area (Å²) < 4.78 is 0. The number of hydrogen-bond donors (Lipinski definition) is 1. The summed E-state index contributed by atoms with van der Waals surface area (Å²) in [5, 5.41) is 10.1. The van der Waals surface area contributed by atoms with Crippen LogP contribution in [-0.4, -0.2) is 17.3 Å². The summed E-state index contributed by atoms with van der Waals surface area (Å²) in [7, 11) is 0. The van der Waals surface area contributed by atoms with E-state index >= 15 is 0 Å². The molecular formula is C13H18N2O3. The third-order valence-electron chi connectivity index (χ3n) is 2.89. The monoisotopic (exact) mass is 250 g/mol. The van der Waals surface area contributed by atoms with Gasteiger partial charge in [0, 0.05) is 23.7 Å². The predicted molar refractivity (Wildman–Crippen MR) is 69.5 cm³/mol. The second kappa shape index (κ2) is 7.55. The van der Waals surface area contributed by atoms with E-state index in [0.717, 1.165) is 0 Å². The van der Waals surface area contributed by atoms with Gasteiger partial charge in [0.1, 0.15) is 6.29 Å². The highest BCUT2D eigenvalue weighted by Crippen LogP contribution is 2.14. The molecule has 0 radical (unpaired) electrons. The number of carbonyl (C=O) groups is 1. The molecule has 1 aromatic rings. The minimum atomic E-state index is -0.505. The number of benzene rings is 1. The first-order chi connectivity index (χ1) is 8.63. The number of carbonyl (C=O) groups excluding carboxylic acids is 1. The van der Waals surface area contributed by atoms with Crippen molar-refractivity contribution in [3.63, 3.8) is 0 Å². The van der Waals surface area contributed by atoms with Crippen LogP contribution in [-0.2, 0) is 0 Å². The largest absolute Gasteiger partial charge is 0.328 e. The average molecular weight is 250 g/mol. The van der Waals surface area contributed by atoms with Gasteiger partial charge in [-0.25, -0.2) is 0 Å². The number of nitrogens with two attached hydrogens (primary N) is 1. The molecule has 0 amide bonds. The lowest BCUT2D eigenvalue weighted by Crippen LogP contribution is -2.22. The lowest BCUT2D eigenvalue weighted by Gasteiger charge is -2.15. The van der Waals surface area contributed by atoms with Crippen molar-refractivity contribution in [3.05, 3.63) is 39.9 Å². The average Bonchev–Trinajstić information content (AvgIpc) is 2.40. The van der Waals surface area contributed by atoms with E-state index < -0.39 is 4.92 Å². The van der Waals surface area contributed by atoms with Gasteiger partial charge in [-0.3, -0.25) is 14.9 Å². The zero-order valence-electron chi connectivity index (χ0n) is 10.2. The fourth-order valence-corrected chi connectivity index (χ4v) is 1.81. The number of nitro benzene ring substituents is 1. The number of aldehydes is 1. The molecule has 2 N–H and O–H groups in total. The van der Waals surface area contributed by atoms with Crippen molar-refractivity contribution >= 4 is 12.0 Å². The minimum absolute atomic E-state index is 0.00407. The molecule has 5 nitrogen and oxygen atoms in total. The van der Waals surface area contributed by atoms with Crippen LogP contribution in [0, 0.1) is 10.1 Å². The molecule has 0 bridgehead atoms. The van der Waals surface area contributed by atoms with Gasteiger partial charge in [0.05, 0.1) is 4.92 Å². The van der Waals surface area contributed by atoms with Crippen LogP contribution in [0.1, 0.15) is 42.5 Å². The molecule has 2 rings (SSSR count). The van der Waals surface area contributed by atoms with Gasteiger partial charge in [-0.1, -0.05) is 19.3 Å². The summed E-state index contributed by atoms with van der Waals surface area (Å²) in [6, 6.07) is 5.94. The van der Waals surface area contributed by atoms with Crippen molar-refractivity contribution in [2.24, 2.45) is 5.73 Å². The standard InChI is InChI=1S/C7H5NO3.C6H13N/c9-5-6-1-3-7(4-2-6)8(10)11;7-6-4-2-1-3-5-6/h1-5H;6H,1-5,7H2. The Kier molecular flexibility index (Phi) is 6.00. The Bertz CT molecular complexity index is 384. The number of nitro groups is 1. The van der Waals surface area contributed by atoms with E-state index in [0.29, 0.717) is 17.9 Å². The third kappa shape index (κ3) is 5.05. The Morgan fingerprint density at radius 3 is 2.06 bits per heavy atom. The zero-order valence-corrected chi connectivity index (χ0v) is 10.2. The van der Waals surface area contributed by atoms with Crippen molar-refractivity contribution in [1.29, 1.82) is 0 Å². The topological polar surface area (TPSA) is 86.2 Å². The normalized spacial score (nSPS) is 15.4. The van der Waals surface area contributed by atoms with E-state index in [-0.39, 0.29) is 5.69 Å². The molecule has 98 valence electrons. The molecule has 1 aromatic carbocycles. The zero-order chi connectivity index (χ0) is 13.4. The highest BCUT2D eigenvalue weighted by Gasteiger charge is 2.06. The first kappa shape index (κ1) is 14.3. The maximum Gasteiger partial charge on any atom is 0.269 e. The molecule has 0 atom stereocenters. The van der Waals surface area contributed by atoms with Gasteiger partial charge in [0.2, 0.25) is 0 Å². The number of hydrogen-bond acceptors (Lipinski definition) is 4. The van der Waals surface area contributed by atoms with Gasteiger partial charge in [0.15, 0.2) is 0 Å². The van der Waals surface area contributed by atoms with Gasteiger partial charge in [-0.2, -0.15) is 0 Å². The van der Waals surface area contributed by atoms with Crippen molar-refractivity contribution in [2.45, 2.75) is 38.1 Å².